The summed E-state index contributed by atoms with van der Waals surface area (Å²) >= 11 is 0. The summed E-state index contributed by atoms with van der Waals surface area (Å²) in [6.07, 6.45) is -1.07. The lowest BCUT2D eigenvalue weighted by Gasteiger charge is -2.48. The average molecular weight is 803 g/mol. The monoisotopic (exact) mass is 802 g/mol. The third-order valence-electron chi connectivity index (χ3n) is 8.47. The number of para-hydroxylation sites is 1. The third kappa shape index (κ3) is 12.8. The summed E-state index contributed by atoms with van der Waals surface area (Å²) in [5, 5.41) is 5.33. The molecule has 2 amide bonds. The van der Waals surface area contributed by atoms with E-state index in [1.807, 2.05) is 6.07 Å². The summed E-state index contributed by atoms with van der Waals surface area (Å²) < 4.78 is 46.3. The van der Waals surface area contributed by atoms with Crippen LogP contribution in [0.5, 0.6) is 17.2 Å². The molecule has 3 aromatic rings. The number of rotatable bonds is 18. The normalized spacial score (nSPS) is 19.5. The first-order chi connectivity index (χ1) is 27.7. The molecule has 16 heteroatoms. The second kappa shape index (κ2) is 21.2. The van der Waals surface area contributed by atoms with Gasteiger partial charge in [-0.1, -0.05) is 36.4 Å². The van der Waals surface area contributed by atoms with E-state index in [0.717, 1.165) is 27.9 Å². The van der Waals surface area contributed by atoms with E-state index in [0.29, 0.717) is 29.2 Å². The molecule has 58 heavy (non-hydrogen) atoms. The molecule has 1 fully saturated rings. The predicted molar refractivity (Wildman–Crippen MR) is 204 cm³/mol. The van der Waals surface area contributed by atoms with Crippen molar-refractivity contribution in [2.45, 2.75) is 83.4 Å². The highest BCUT2D eigenvalue weighted by molar-refractivity contribution is 5.94. The molecule has 2 N–H and O–H groups in total. The number of terminal acetylenes is 1. The van der Waals surface area contributed by atoms with Gasteiger partial charge in [0.2, 0.25) is 5.91 Å². The summed E-state index contributed by atoms with van der Waals surface area (Å²) in [5.74, 6) is -3.40. The predicted octanol–water partition coefficient (Wildman–Crippen LogP) is 3.79. The van der Waals surface area contributed by atoms with Crippen LogP contribution in [0.2, 0.25) is 0 Å². The fourth-order valence-electron chi connectivity index (χ4n) is 6.15. The van der Waals surface area contributed by atoms with Crippen molar-refractivity contribution in [1.29, 1.82) is 0 Å². The van der Waals surface area contributed by atoms with Gasteiger partial charge in [0, 0.05) is 39.7 Å². The highest BCUT2D eigenvalue weighted by Gasteiger charge is 2.59. The zero-order valence-corrected chi connectivity index (χ0v) is 32.7. The Kier molecular flexibility index (Phi) is 16.2. The summed E-state index contributed by atoms with van der Waals surface area (Å²) in [7, 11) is 1.08. The molecule has 6 atom stereocenters. The number of esters is 4. The SMILES string of the molecule is C#CCCOc1cccc(COC2(C(=O)OC)C[C@H](OC(C)=O)[C@@H](NC(C)=O)[C@H]([C@H](OC(C)=O)[C@@H](CNC(=O)c3cccc(Oc4ccccc4)c3)OC(C)=O)O2)c1. The van der Waals surface area contributed by atoms with E-state index in [1.54, 1.807) is 60.7 Å². The number of hydrogen-bond acceptors (Lipinski definition) is 14. The molecule has 1 aliphatic rings. The first-order valence-electron chi connectivity index (χ1n) is 18.2. The maximum absolute atomic E-state index is 13.8. The number of benzene rings is 3. The van der Waals surface area contributed by atoms with Crippen molar-refractivity contribution in [3.63, 3.8) is 0 Å². The van der Waals surface area contributed by atoms with Crippen LogP contribution in [0.25, 0.3) is 0 Å². The van der Waals surface area contributed by atoms with Crippen LogP contribution in [0.4, 0.5) is 0 Å². The second-order valence-electron chi connectivity index (χ2n) is 13.0. The van der Waals surface area contributed by atoms with E-state index < -0.39 is 84.9 Å². The van der Waals surface area contributed by atoms with Gasteiger partial charge in [0.05, 0.1) is 39.3 Å². The Morgan fingerprint density at radius 3 is 2.21 bits per heavy atom. The molecule has 0 bridgehead atoms. The van der Waals surface area contributed by atoms with Gasteiger partial charge in [-0.25, -0.2) is 4.79 Å². The Hall–Kier alpha value is -6.44. The Bertz CT molecular complexity index is 1960. The van der Waals surface area contributed by atoms with Gasteiger partial charge in [0.1, 0.15) is 29.5 Å². The van der Waals surface area contributed by atoms with Crippen LogP contribution in [0.3, 0.4) is 0 Å². The zero-order valence-electron chi connectivity index (χ0n) is 32.7. The lowest BCUT2D eigenvalue weighted by Crippen LogP contribution is -2.69. The molecule has 1 heterocycles. The molecule has 1 saturated heterocycles. The highest BCUT2D eigenvalue weighted by Crippen LogP contribution is 2.38. The number of carbonyl (C=O) groups is 6. The van der Waals surface area contributed by atoms with Crippen molar-refractivity contribution in [3.05, 3.63) is 90.0 Å². The van der Waals surface area contributed by atoms with Gasteiger partial charge in [-0.15, -0.1) is 12.3 Å². The smallest absolute Gasteiger partial charge is 0.366 e. The molecule has 1 aliphatic heterocycles. The molecule has 308 valence electrons. The average Bonchev–Trinajstić information content (AvgIpc) is 3.18. The molecule has 4 rings (SSSR count). The number of hydrogen-bond donors (Lipinski definition) is 2. The van der Waals surface area contributed by atoms with Crippen molar-refractivity contribution in [2.24, 2.45) is 0 Å². The molecule has 0 saturated carbocycles. The summed E-state index contributed by atoms with van der Waals surface area (Å²) in [6, 6.07) is 20.6. The molecule has 1 unspecified atom stereocenters. The van der Waals surface area contributed by atoms with E-state index >= 15 is 0 Å². The second-order valence-corrected chi connectivity index (χ2v) is 13.0. The lowest BCUT2D eigenvalue weighted by atomic mass is 9.87. The van der Waals surface area contributed by atoms with E-state index in [4.69, 9.17) is 44.3 Å². The molecule has 16 nitrogen and oxygen atoms in total. The van der Waals surface area contributed by atoms with Crippen LogP contribution in [-0.2, 0) is 59.0 Å². The van der Waals surface area contributed by atoms with E-state index in [1.165, 1.54) is 19.1 Å². The van der Waals surface area contributed by atoms with E-state index in [-0.39, 0.29) is 18.8 Å². The zero-order chi connectivity index (χ0) is 42.2. The number of carbonyl (C=O) groups excluding carboxylic acids is 6. The Morgan fingerprint density at radius 2 is 1.55 bits per heavy atom. The largest absolute Gasteiger partial charge is 0.493 e. The minimum absolute atomic E-state index is 0.169. The molecular formula is C42H46N2O14. The van der Waals surface area contributed by atoms with Crippen molar-refractivity contribution in [1.82, 2.24) is 10.6 Å². The number of ether oxygens (including phenoxy) is 8. The quantitative estimate of drug-likeness (QED) is 0.0815. The molecule has 3 aromatic carbocycles. The van der Waals surface area contributed by atoms with Gasteiger partial charge < -0.3 is 48.5 Å². The van der Waals surface area contributed by atoms with Crippen molar-refractivity contribution >= 4 is 35.7 Å². The van der Waals surface area contributed by atoms with Crippen LogP contribution in [-0.4, -0.2) is 92.2 Å². The molecule has 0 aliphatic carbocycles. The standard InChI is InChI=1S/C42H46N2O14/c1-7-8-20-52-33-18-12-14-30(21-33)25-53-42(41(50)51-6)23-35(54-27(3)46)37(44-26(2)45)39(58-42)38(56-29(5)48)36(55-28(4)47)24-43-40(49)31-15-13-19-34(22-31)57-32-16-10-9-11-17-32/h1,9-19,21-22,35-39H,8,20,23-25H2,2-6H3,(H,43,49)(H,44,45)/t35-,36+,37+,38+,39+,42?/m0/s1. The van der Waals surface area contributed by atoms with Gasteiger partial charge in [-0.05, 0) is 48.0 Å². The number of methoxy groups -OCH3 is 1. The van der Waals surface area contributed by atoms with Crippen LogP contribution < -0.4 is 20.1 Å². The lowest BCUT2D eigenvalue weighted by molar-refractivity contribution is -0.316. The summed E-state index contributed by atoms with van der Waals surface area (Å²) in [4.78, 5) is 77.8. The minimum Gasteiger partial charge on any atom is -0.493 e. The molecule has 0 spiro atoms. The Labute approximate surface area is 335 Å². The van der Waals surface area contributed by atoms with Crippen LogP contribution in [0.15, 0.2) is 78.9 Å². The van der Waals surface area contributed by atoms with Gasteiger partial charge >= 0.3 is 23.9 Å². The first-order valence-corrected chi connectivity index (χ1v) is 18.2. The Morgan fingerprint density at radius 1 is 0.862 bits per heavy atom. The first kappa shape index (κ1) is 44.3. The fraction of sp³-hybridized carbons (Fsp3) is 0.381. The topological polar surface area (TPSA) is 200 Å². The van der Waals surface area contributed by atoms with Crippen LogP contribution >= 0.6 is 0 Å². The van der Waals surface area contributed by atoms with Crippen LogP contribution in [0, 0.1) is 12.3 Å². The van der Waals surface area contributed by atoms with Gasteiger partial charge in [-0.2, -0.15) is 0 Å². The maximum atomic E-state index is 13.8. The van der Waals surface area contributed by atoms with Gasteiger partial charge in [0.15, 0.2) is 12.2 Å². The molecular weight excluding hydrogens is 756 g/mol. The van der Waals surface area contributed by atoms with Crippen molar-refractivity contribution < 1.29 is 66.7 Å². The Balaban J connectivity index is 1.72. The summed E-state index contributed by atoms with van der Waals surface area (Å²) in [5.41, 5.74) is 0.688. The highest BCUT2D eigenvalue weighted by atomic mass is 16.7. The number of amides is 2. The van der Waals surface area contributed by atoms with Crippen LogP contribution in [0.1, 0.15) is 56.5 Å². The van der Waals surface area contributed by atoms with Gasteiger partial charge in [0.25, 0.3) is 11.7 Å². The van der Waals surface area contributed by atoms with E-state index in [2.05, 4.69) is 16.6 Å². The third-order valence-corrected chi connectivity index (χ3v) is 8.47. The van der Waals surface area contributed by atoms with Gasteiger partial charge in [-0.3, -0.25) is 24.0 Å². The number of nitrogens with one attached hydrogen (secondary N) is 2. The van der Waals surface area contributed by atoms with Crippen molar-refractivity contribution in [3.8, 4) is 29.6 Å². The molecule has 0 radical (unpaired) electrons. The maximum Gasteiger partial charge on any atom is 0.366 e. The fourth-order valence-corrected chi connectivity index (χ4v) is 6.15. The van der Waals surface area contributed by atoms with E-state index in [9.17, 15) is 28.8 Å². The van der Waals surface area contributed by atoms with Crippen molar-refractivity contribution in [2.75, 3.05) is 20.3 Å². The molecule has 0 aromatic heterocycles. The minimum atomic E-state index is -2.38. The summed E-state index contributed by atoms with van der Waals surface area (Å²) in [6.45, 7) is 3.93.